The maximum Gasteiger partial charge on any atom is 0.319 e. The van der Waals surface area contributed by atoms with E-state index >= 15 is 0 Å². The smallest absolute Gasteiger partial charge is 0.319 e. The second kappa shape index (κ2) is 5.80. The Balaban J connectivity index is 1.55. The lowest BCUT2D eigenvalue weighted by Crippen LogP contribution is -2.29. The first-order valence-electron chi connectivity index (χ1n) is 6.84. The Bertz CT molecular complexity index is 709. The molecule has 1 aromatic carbocycles. The van der Waals surface area contributed by atoms with Crippen molar-refractivity contribution in [3.8, 4) is 0 Å². The zero-order chi connectivity index (χ0) is 15.5. The van der Waals surface area contributed by atoms with E-state index < -0.39 is 11.0 Å². The number of nitrogens with one attached hydrogen (secondary N) is 2. The molecule has 0 bridgehead atoms. The minimum atomic E-state index is -0.490. The largest absolute Gasteiger partial charge is 0.331 e. The van der Waals surface area contributed by atoms with Gasteiger partial charge in [0.05, 0.1) is 11.5 Å². The molecular weight excluding hydrogens is 288 g/mol. The highest BCUT2D eigenvalue weighted by Crippen LogP contribution is 2.16. The topological polar surface area (TPSA) is 115 Å². The maximum atomic E-state index is 11.8. The number of urea groups is 1. The number of carbonyl (C=O) groups excluding carboxylic acids is 1. The van der Waals surface area contributed by atoms with Crippen molar-refractivity contribution in [2.45, 2.75) is 25.9 Å². The van der Waals surface area contributed by atoms with Crippen molar-refractivity contribution in [3.63, 3.8) is 0 Å². The molecule has 0 atom stereocenters. The summed E-state index contributed by atoms with van der Waals surface area (Å²) in [7, 11) is 0. The van der Waals surface area contributed by atoms with Gasteiger partial charge >= 0.3 is 6.03 Å². The van der Waals surface area contributed by atoms with Gasteiger partial charge in [-0.15, -0.1) is 10.2 Å². The lowest BCUT2D eigenvalue weighted by Gasteiger charge is -2.07. The first-order valence-corrected chi connectivity index (χ1v) is 6.84. The summed E-state index contributed by atoms with van der Waals surface area (Å²) in [6.07, 6.45) is 1.97. The Labute approximate surface area is 125 Å². The molecule has 1 aromatic heterocycles. The van der Waals surface area contributed by atoms with Crippen molar-refractivity contribution in [3.05, 3.63) is 46.0 Å². The number of hydrogen-bond acceptors (Lipinski definition) is 5. The van der Waals surface area contributed by atoms with Gasteiger partial charge in [0.25, 0.3) is 5.69 Å². The number of anilines is 1. The number of fused-ring (bicyclic) bond motifs is 1. The normalized spacial score (nSPS) is 12.7. The fraction of sp³-hybridized carbons (Fsp3) is 0.308. The number of non-ortho nitro benzene ring substituents is 1. The molecule has 9 heteroatoms. The second-order valence-electron chi connectivity index (χ2n) is 4.90. The lowest BCUT2D eigenvalue weighted by atomic mass is 10.3. The number of nitrogens with zero attached hydrogens (tertiary/aromatic N) is 4. The number of carbonyl (C=O) groups is 1. The van der Waals surface area contributed by atoms with Crippen LogP contribution in [0, 0.1) is 10.1 Å². The fourth-order valence-electron chi connectivity index (χ4n) is 2.34. The number of benzene rings is 1. The summed E-state index contributed by atoms with van der Waals surface area (Å²) in [5, 5.41) is 24.0. The van der Waals surface area contributed by atoms with Gasteiger partial charge in [-0.2, -0.15) is 0 Å². The molecule has 1 aliphatic rings. The van der Waals surface area contributed by atoms with Gasteiger partial charge in [-0.3, -0.25) is 10.1 Å². The molecule has 2 aromatic rings. The van der Waals surface area contributed by atoms with Gasteiger partial charge < -0.3 is 15.2 Å². The third-order valence-electron chi connectivity index (χ3n) is 3.43. The third-order valence-corrected chi connectivity index (χ3v) is 3.43. The van der Waals surface area contributed by atoms with E-state index in [0.29, 0.717) is 5.69 Å². The Hall–Kier alpha value is -2.97. The first kappa shape index (κ1) is 14.0. The van der Waals surface area contributed by atoms with Crippen LogP contribution in [-0.4, -0.2) is 25.7 Å². The molecular formula is C13H14N6O3. The van der Waals surface area contributed by atoms with Crippen molar-refractivity contribution >= 4 is 17.4 Å². The van der Waals surface area contributed by atoms with Crippen LogP contribution >= 0.6 is 0 Å². The Kier molecular flexibility index (Phi) is 3.69. The van der Waals surface area contributed by atoms with E-state index in [1.807, 2.05) is 4.57 Å². The number of nitro benzene ring substituents is 1. The van der Waals surface area contributed by atoms with E-state index in [-0.39, 0.29) is 12.2 Å². The molecule has 0 saturated heterocycles. The zero-order valence-corrected chi connectivity index (χ0v) is 11.7. The van der Waals surface area contributed by atoms with E-state index in [4.69, 9.17) is 0 Å². The van der Waals surface area contributed by atoms with Crippen LogP contribution in [0.2, 0.25) is 0 Å². The van der Waals surface area contributed by atoms with Gasteiger partial charge in [-0.1, -0.05) is 0 Å². The standard InChI is InChI=1S/C13H14N6O3/c20-13(15-9-3-5-10(6-4-9)19(21)22)14-8-12-17-16-11-2-1-7-18(11)12/h3-6H,1-2,7-8H2,(H2,14,15,20). The van der Waals surface area contributed by atoms with Gasteiger partial charge in [0.2, 0.25) is 0 Å². The monoisotopic (exact) mass is 302 g/mol. The minimum absolute atomic E-state index is 0.0232. The molecule has 9 nitrogen and oxygen atoms in total. The van der Waals surface area contributed by atoms with Gasteiger partial charge in [-0.05, 0) is 18.6 Å². The summed E-state index contributed by atoms with van der Waals surface area (Å²) in [6.45, 7) is 1.16. The molecule has 0 spiro atoms. The second-order valence-corrected chi connectivity index (χ2v) is 4.90. The first-order chi connectivity index (χ1) is 10.6. The quantitative estimate of drug-likeness (QED) is 0.655. The van der Waals surface area contributed by atoms with Crippen LogP contribution in [0.1, 0.15) is 18.1 Å². The predicted molar refractivity (Wildman–Crippen MR) is 77.3 cm³/mol. The van der Waals surface area contributed by atoms with E-state index in [2.05, 4.69) is 20.8 Å². The highest BCUT2D eigenvalue weighted by Gasteiger charge is 2.17. The fourth-order valence-corrected chi connectivity index (χ4v) is 2.34. The molecule has 0 aliphatic carbocycles. The average Bonchev–Trinajstić information content (AvgIpc) is 3.09. The third kappa shape index (κ3) is 2.87. The molecule has 0 unspecified atom stereocenters. The number of aromatic nitrogens is 3. The van der Waals surface area contributed by atoms with Gasteiger partial charge in [0, 0.05) is 30.8 Å². The number of hydrogen-bond donors (Lipinski definition) is 2. The van der Waals surface area contributed by atoms with E-state index in [9.17, 15) is 14.9 Å². The molecule has 3 rings (SSSR count). The Morgan fingerprint density at radius 2 is 2.09 bits per heavy atom. The van der Waals surface area contributed by atoms with E-state index in [1.165, 1.54) is 24.3 Å². The van der Waals surface area contributed by atoms with Gasteiger partial charge in [-0.25, -0.2) is 4.79 Å². The highest BCUT2D eigenvalue weighted by molar-refractivity contribution is 5.89. The van der Waals surface area contributed by atoms with E-state index in [0.717, 1.165) is 31.0 Å². The predicted octanol–water partition coefficient (Wildman–Crippen LogP) is 1.45. The highest BCUT2D eigenvalue weighted by atomic mass is 16.6. The zero-order valence-electron chi connectivity index (χ0n) is 11.7. The minimum Gasteiger partial charge on any atom is -0.331 e. The van der Waals surface area contributed by atoms with Crippen LogP contribution < -0.4 is 10.6 Å². The summed E-state index contributed by atoms with van der Waals surface area (Å²) < 4.78 is 2.01. The van der Waals surface area contributed by atoms with Crippen molar-refractivity contribution < 1.29 is 9.72 Å². The van der Waals surface area contributed by atoms with Crippen molar-refractivity contribution in [2.24, 2.45) is 0 Å². The molecule has 1 aliphatic heterocycles. The Morgan fingerprint density at radius 1 is 1.32 bits per heavy atom. The number of nitro groups is 1. The van der Waals surface area contributed by atoms with Crippen LogP contribution in [0.4, 0.5) is 16.2 Å². The van der Waals surface area contributed by atoms with Crippen molar-refractivity contribution in [1.82, 2.24) is 20.1 Å². The van der Waals surface area contributed by atoms with Crippen LogP contribution in [0.5, 0.6) is 0 Å². The van der Waals surface area contributed by atoms with Crippen LogP contribution in [0.15, 0.2) is 24.3 Å². The van der Waals surface area contributed by atoms with Crippen LogP contribution in [0.3, 0.4) is 0 Å². The lowest BCUT2D eigenvalue weighted by molar-refractivity contribution is -0.384. The summed E-state index contributed by atoms with van der Waals surface area (Å²) >= 11 is 0. The van der Waals surface area contributed by atoms with Crippen LogP contribution in [-0.2, 0) is 19.5 Å². The number of rotatable bonds is 4. The van der Waals surface area contributed by atoms with Gasteiger partial charge in [0.15, 0.2) is 5.82 Å². The molecule has 2 N–H and O–H groups in total. The summed E-state index contributed by atoms with van der Waals surface area (Å²) in [4.78, 5) is 21.9. The van der Waals surface area contributed by atoms with E-state index in [1.54, 1.807) is 0 Å². The van der Waals surface area contributed by atoms with Crippen molar-refractivity contribution in [1.29, 1.82) is 0 Å². The maximum absolute atomic E-state index is 11.8. The van der Waals surface area contributed by atoms with Crippen LogP contribution in [0.25, 0.3) is 0 Å². The summed E-state index contributed by atoms with van der Waals surface area (Å²) in [5.74, 6) is 1.68. The number of amides is 2. The summed E-state index contributed by atoms with van der Waals surface area (Å²) in [6, 6.07) is 5.23. The molecule has 2 amide bonds. The molecule has 0 saturated carbocycles. The molecule has 0 radical (unpaired) electrons. The molecule has 114 valence electrons. The molecule has 2 heterocycles. The number of aryl methyl sites for hydroxylation is 1. The van der Waals surface area contributed by atoms with Gasteiger partial charge in [0.1, 0.15) is 5.82 Å². The molecule has 0 fully saturated rings. The van der Waals surface area contributed by atoms with Crippen molar-refractivity contribution in [2.75, 3.05) is 5.32 Å². The summed E-state index contributed by atoms with van der Waals surface area (Å²) in [5.41, 5.74) is 0.458. The molecule has 22 heavy (non-hydrogen) atoms. The Morgan fingerprint density at radius 3 is 2.82 bits per heavy atom. The average molecular weight is 302 g/mol. The SMILES string of the molecule is O=C(NCc1nnc2n1CCC2)Nc1ccc([N+](=O)[O-])cc1.